The van der Waals surface area contributed by atoms with E-state index in [-0.39, 0.29) is 17.9 Å². The number of carbonyl (C=O) groups is 1. The highest BCUT2D eigenvalue weighted by atomic mass is 16.5. The molecule has 0 radical (unpaired) electrons. The van der Waals surface area contributed by atoms with Gasteiger partial charge in [-0.25, -0.2) is 0 Å². The lowest BCUT2D eigenvalue weighted by Crippen LogP contribution is -2.32. The second-order valence-electron chi connectivity index (χ2n) is 8.47. The van der Waals surface area contributed by atoms with Crippen molar-refractivity contribution >= 4 is 5.91 Å². The van der Waals surface area contributed by atoms with Crippen LogP contribution in [0.2, 0.25) is 0 Å². The van der Waals surface area contributed by atoms with Crippen LogP contribution in [0.15, 0.2) is 28.8 Å². The molecule has 1 atom stereocenters. The summed E-state index contributed by atoms with van der Waals surface area (Å²) in [6.45, 7) is 7.64. The number of hydrogen-bond donors (Lipinski definition) is 2. The van der Waals surface area contributed by atoms with Crippen LogP contribution >= 0.6 is 0 Å². The van der Waals surface area contributed by atoms with Gasteiger partial charge in [0.15, 0.2) is 5.82 Å². The molecule has 1 aromatic heterocycles. The van der Waals surface area contributed by atoms with Crippen LogP contribution in [0.3, 0.4) is 0 Å². The van der Waals surface area contributed by atoms with E-state index in [9.17, 15) is 9.90 Å². The number of aliphatic hydroxyl groups is 1. The summed E-state index contributed by atoms with van der Waals surface area (Å²) in [4.78, 5) is 17.2. The molecule has 1 heterocycles. The summed E-state index contributed by atoms with van der Waals surface area (Å²) >= 11 is 0. The van der Waals surface area contributed by atoms with Gasteiger partial charge in [0.05, 0.1) is 5.60 Å². The van der Waals surface area contributed by atoms with Gasteiger partial charge < -0.3 is 14.9 Å². The predicted octanol–water partition coefficient (Wildman–Crippen LogP) is 3.78. The number of nitrogens with one attached hydrogen (secondary N) is 1. The highest BCUT2D eigenvalue weighted by Gasteiger charge is 2.31. The monoisotopic (exact) mass is 371 g/mol. The number of aromatic nitrogens is 2. The van der Waals surface area contributed by atoms with Crippen molar-refractivity contribution in [2.45, 2.75) is 70.9 Å². The number of rotatable bonds is 8. The number of carbonyl (C=O) groups excluding carboxylic acids is 1. The van der Waals surface area contributed by atoms with Gasteiger partial charge >= 0.3 is 0 Å². The van der Waals surface area contributed by atoms with Crippen LogP contribution in [-0.4, -0.2) is 26.8 Å². The van der Waals surface area contributed by atoms with Gasteiger partial charge in [0.25, 0.3) is 5.91 Å². The van der Waals surface area contributed by atoms with Crippen LogP contribution in [-0.2, 0) is 6.42 Å². The maximum absolute atomic E-state index is 12.7. The Balaban J connectivity index is 1.64. The third-order valence-electron chi connectivity index (χ3n) is 4.86. The van der Waals surface area contributed by atoms with Gasteiger partial charge in [-0.1, -0.05) is 31.1 Å². The van der Waals surface area contributed by atoms with Crippen molar-refractivity contribution in [2.75, 3.05) is 0 Å². The first-order valence-corrected chi connectivity index (χ1v) is 9.68. The van der Waals surface area contributed by atoms with Crippen LogP contribution in [0.1, 0.15) is 86.6 Å². The van der Waals surface area contributed by atoms with E-state index < -0.39 is 5.60 Å². The molecule has 2 aromatic rings. The SMILES string of the molecule is CC(C)[C@@H](NC(=O)c1ccc(CCC(C)(C)O)cc1)c1nc(C2CC2)no1. The minimum atomic E-state index is -0.691. The molecule has 0 bridgehead atoms. The number of benzene rings is 1. The predicted molar refractivity (Wildman–Crippen MR) is 102 cm³/mol. The molecule has 27 heavy (non-hydrogen) atoms. The van der Waals surface area contributed by atoms with E-state index in [1.54, 1.807) is 13.8 Å². The van der Waals surface area contributed by atoms with E-state index in [2.05, 4.69) is 15.5 Å². The third kappa shape index (κ3) is 5.39. The first-order chi connectivity index (χ1) is 12.7. The molecule has 0 unspecified atom stereocenters. The number of nitrogens with zero attached hydrogens (tertiary/aromatic N) is 2. The highest BCUT2D eigenvalue weighted by molar-refractivity contribution is 5.94. The molecule has 0 saturated heterocycles. The molecule has 6 heteroatoms. The summed E-state index contributed by atoms with van der Waals surface area (Å²) in [7, 11) is 0. The standard InChI is InChI=1S/C21H29N3O3/c1-13(2)17(20-23-18(24-27-20)15-9-10-15)22-19(25)16-7-5-14(6-8-16)11-12-21(3,4)26/h5-8,13,15,17,26H,9-12H2,1-4H3,(H,22,25)/t17-/m1/s1. The second kappa shape index (κ2) is 7.80. The Morgan fingerprint density at radius 1 is 1.30 bits per heavy atom. The van der Waals surface area contributed by atoms with Crippen molar-refractivity contribution in [3.8, 4) is 0 Å². The smallest absolute Gasteiger partial charge is 0.251 e. The fourth-order valence-corrected chi connectivity index (χ4v) is 2.89. The maximum atomic E-state index is 12.7. The van der Waals surface area contributed by atoms with Crippen molar-refractivity contribution < 1.29 is 14.4 Å². The lowest BCUT2D eigenvalue weighted by Gasteiger charge is -2.19. The molecule has 0 aliphatic heterocycles. The van der Waals surface area contributed by atoms with E-state index in [1.165, 1.54) is 0 Å². The molecule has 6 nitrogen and oxygen atoms in total. The highest BCUT2D eigenvalue weighted by Crippen LogP contribution is 2.38. The first-order valence-electron chi connectivity index (χ1n) is 9.68. The molecule has 1 aliphatic carbocycles. The van der Waals surface area contributed by atoms with Crippen LogP contribution in [0.5, 0.6) is 0 Å². The quantitative estimate of drug-likeness (QED) is 0.737. The average Bonchev–Trinajstić information content (AvgIpc) is 3.35. The van der Waals surface area contributed by atoms with Gasteiger partial charge in [0.2, 0.25) is 5.89 Å². The molecule has 0 spiro atoms. The number of hydrogen-bond acceptors (Lipinski definition) is 5. The van der Waals surface area contributed by atoms with Gasteiger partial charge in [-0.3, -0.25) is 4.79 Å². The van der Waals surface area contributed by atoms with E-state index in [1.807, 2.05) is 38.1 Å². The molecule has 1 aliphatic rings. The van der Waals surface area contributed by atoms with Crippen molar-refractivity contribution in [1.29, 1.82) is 0 Å². The largest absolute Gasteiger partial charge is 0.390 e. The van der Waals surface area contributed by atoms with Crippen LogP contribution in [0, 0.1) is 5.92 Å². The van der Waals surface area contributed by atoms with Crippen molar-refractivity contribution in [1.82, 2.24) is 15.5 Å². The normalized spacial score (nSPS) is 15.8. The fraction of sp³-hybridized carbons (Fsp3) is 0.571. The van der Waals surface area contributed by atoms with E-state index in [4.69, 9.17) is 4.52 Å². The first kappa shape index (κ1) is 19.5. The zero-order valence-electron chi connectivity index (χ0n) is 16.5. The summed E-state index contributed by atoms with van der Waals surface area (Å²) in [6, 6.07) is 7.18. The lowest BCUT2D eigenvalue weighted by atomic mass is 9.98. The number of aryl methyl sites for hydroxylation is 1. The number of amides is 1. The van der Waals surface area contributed by atoms with Gasteiger partial charge in [-0.2, -0.15) is 4.98 Å². The zero-order valence-corrected chi connectivity index (χ0v) is 16.5. The molecular weight excluding hydrogens is 342 g/mol. The second-order valence-corrected chi connectivity index (χ2v) is 8.47. The Kier molecular flexibility index (Phi) is 5.65. The van der Waals surface area contributed by atoms with E-state index in [0.717, 1.165) is 30.7 Å². The zero-order chi connectivity index (χ0) is 19.6. The van der Waals surface area contributed by atoms with E-state index >= 15 is 0 Å². The molecule has 3 rings (SSSR count). The molecule has 2 N–H and O–H groups in total. The van der Waals surface area contributed by atoms with Crippen LogP contribution in [0.4, 0.5) is 0 Å². The minimum Gasteiger partial charge on any atom is -0.390 e. The lowest BCUT2D eigenvalue weighted by molar-refractivity contribution is 0.0713. The third-order valence-corrected chi connectivity index (χ3v) is 4.86. The molecule has 1 fully saturated rings. The minimum absolute atomic E-state index is 0.132. The van der Waals surface area contributed by atoms with Crippen LogP contribution < -0.4 is 5.32 Å². The van der Waals surface area contributed by atoms with E-state index in [0.29, 0.717) is 23.8 Å². The van der Waals surface area contributed by atoms with Gasteiger partial charge in [-0.05, 0) is 63.1 Å². The van der Waals surface area contributed by atoms with Crippen LogP contribution in [0.25, 0.3) is 0 Å². The average molecular weight is 371 g/mol. The molecule has 1 aromatic carbocycles. The Morgan fingerprint density at radius 2 is 1.96 bits per heavy atom. The van der Waals surface area contributed by atoms with Crippen molar-refractivity contribution in [3.63, 3.8) is 0 Å². The Bertz CT molecular complexity index is 771. The van der Waals surface area contributed by atoms with Crippen molar-refractivity contribution in [3.05, 3.63) is 47.1 Å². The van der Waals surface area contributed by atoms with Crippen molar-refractivity contribution in [2.24, 2.45) is 5.92 Å². The summed E-state index contributed by atoms with van der Waals surface area (Å²) in [6.07, 6.45) is 3.66. The fourth-order valence-electron chi connectivity index (χ4n) is 2.89. The summed E-state index contributed by atoms with van der Waals surface area (Å²) in [5.74, 6) is 1.62. The Hall–Kier alpha value is -2.21. The summed E-state index contributed by atoms with van der Waals surface area (Å²) in [5.41, 5.74) is 0.999. The molecule has 146 valence electrons. The Labute approximate surface area is 160 Å². The molecular formula is C21H29N3O3. The topological polar surface area (TPSA) is 88.2 Å². The van der Waals surface area contributed by atoms with Gasteiger partial charge in [0, 0.05) is 11.5 Å². The van der Waals surface area contributed by atoms with Gasteiger partial charge in [0.1, 0.15) is 6.04 Å². The summed E-state index contributed by atoms with van der Waals surface area (Å²) < 4.78 is 5.41. The van der Waals surface area contributed by atoms with Gasteiger partial charge in [-0.15, -0.1) is 0 Å². The maximum Gasteiger partial charge on any atom is 0.251 e. The Morgan fingerprint density at radius 3 is 2.52 bits per heavy atom. The molecule has 1 saturated carbocycles. The summed E-state index contributed by atoms with van der Waals surface area (Å²) in [5, 5.41) is 16.9. The molecule has 1 amide bonds.